The zero-order valence-corrected chi connectivity index (χ0v) is 18.5. The highest BCUT2D eigenvalue weighted by atomic mass is 16.7. The minimum atomic E-state index is -0.570. The van der Waals surface area contributed by atoms with E-state index in [1.54, 1.807) is 0 Å². The number of benzene rings is 2. The van der Waals surface area contributed by atoms with Crippen LogP contribution in [-0.2, 0) is 11.3 Å². The van der Waals surface area contributed by atoms with Crippen molar-refractivity contribution in [2.45, 2.75) is 26.4 Å². The van der Waals surface area contributed by atoms with Gasteiger partial charge in [0.1, 0.15) is 6.04 Å². The second-order valence-corrected chi connectivity index (χ2v) is 8.48. The van der Waals surface area contributed by atoms with Crippen molar-refractivity contribution < 1.29 is 19.1 Å². The molecule has 1 saturated heterocycles. The molecular formula is C24H30N4O4. The summed E-state index contributed by atoms with van der Waals surface area (Å²) >= 11 is 0. The maximum atomic E-state index is 13.2. The van der Waals surface area contributed by atoms with Gasteiger partial charge in [0.2, 0.25) is 12.7 Å². The summed E-state index contributed by atoms with van der Waals surface area (Å²) in [6.07, 6.45) is 0. The van der Waals surface area contributed by atoms with Crippen molar-refractivity contribution in [2.24, 2.45) is 5.92 Å². The Labute approximate surface area is 188 Å². The van der Waals surface area contributed by atoms with Gasteiger partial charge in [-0.25, -0.2) is 4.79 Å². The lowest BCUT2D eigenvalue weighted by molar-refractivity contribution is -0.136. The molecule has 4 rings (SSSR count). The Balaban J connectivity index is 1.29. The van der Waals surface area contributed by atoms with Gasteiger partial charge in [-0.15, -0.1) is 0 Å². The molecule has 2 aliphatic rings. The van der Waals surface area contributed by atoms with Crippen molar-refractivity contribution in [1.82, 2.24) is 15.1 Å². The zero-order valence-electron chi connectivity index (χ0n) is 18.5. The molecule has 0 aliphatic carbocycles. The standard InChI is InChI=1S/C24H30N4O4/c1-17(2)22(26-24(30)25-19-6-4-3-5-7-19)23(29)28-12-10-27(11-13-28)15-18-8-9-20-21(14-18)32-16-31-20/h3-9,14,17,22H,10-13,15-16H2,1-2H3,(H2,25,26,30). The second kappa shape index (κ2) is 9.91. The van der Waals surface area contributed by atoms with Crippen LogP contribution in [0.5, 0.6) is 11.5 Å². The molecule has 0 spiro atoms. The smallest absolute Gasteiger partial charge is 0.319 e. The van der Waals surface area contributed by atoms with Crippen LogP contribution in [0.25, 0.3) is 0 Å². The molecule has 32 heavy (non-hydrogen) atoms. The quantitative estimate of drug-likeness (QED) is 0.725. The highest BCUT2D eigenvalue weighted by molar-refractivity contribution is 5.93. The average molecular weight is 439 g/mol. The largest absolute Gasteiger partial charge is 0.454 e. The predicted octanol–water partition coefficient (Wildman–Crippen LogP) is 2.91. The first-order valence-corrected chi connectivity index (χ1v) is 11.0. The summed E-state index contributed by atoms with van der Waals surface area (Å²) in [5, 5.41) is 5.65. The van der Waals surface area contributed by atoms with Gasteiger partial charge in [0.15, 0.2) is 11.5 Å². The summed E-state index contributed by atoms with van der Waals surface area (Å²) < 4.78 is 10.8. The van der Waals surface area contributed by atoms with Crippen LogP contribution < -0.4 is 20.1 Å². The van der Waals surface area contributed by atoms with Crippen LogP contribution in [0.2, 0.25) is 0 Å². The lowest BCUT2D eigenvalue weighted by Gasteiger charge is -2.37. The van der Waals surface area contributed by atoms with Crippen LogP contribution in [0.15, 0.2) is 48.5 Å². The fourth-order valence-electron chi connectivity index (χ4n) is 3.96. The molecule has 3 amide bonds. The molecule has 0 bridgehead atoms. The minimum absolute atomic E-state index is 0.0179. The molecule has 2 aromatic rings. The SMILES string of the molecule is CC(C)C(NC(=O)Nc1ccccc1)C(=O)N1CCN(Cc2ccc3c(c2)OCO3)CC1. The third-order valence-electron chi connectivity index (χ3n) is 5.78. The summed E-state index contributed by atoms with van der Waals surface area (Å²) in [4.78, 5) is 29.8. The van der Waals surface area contributed by atoms with Crippen LogP contribution in [0, 0.1) is 5.92 Å². The monoisotopic (exact) mass is 438 g/mol. The molecule has 1 atom stereocenters. The lowest BCUT2D eigenvalue weighted by Crippen LogP contribution is -2.56. The fourth-order valence-corrected chi connectivity index (χ4v) is 3.96. The van der Waals surface area contributed by atoms with Gasteiger partial charge in [-0.3, -0.25) is 9.69 Å². The topological polar surface area (TPSA) is 83.1 Å². The Morgan fingerprint density at radius 2 is 1.69 bits per heavy atom. The molecular weight excluding hydrogens is 408 g/mol. The van der Waals surface area contributed by atoms with Gasteiger partial charge in [-0.05, 0) is 35.7 Å². The number of para-hydroxylation sites is 1. The van der Waals surface area contributed by atoms with E-state index in [0.29, 0.717) is 18.8 Å². The normalized spacial score (nSPS) is 16.7. The first kappa shape index (κ1) is 22.0. The van der Waals surface area contributed by atoms with E-state index in [2.05, 4.69) is 21.6 Å². The van der Waals surface area contributed by atoms with Crippen molar-refractivity contribution in [3.63, 3.8) is 0 Å². The highest BCUT2D eigenvalue weighted by Gasteiger charge is 2.31. The van der Waals surface area contributed by atoms with Crippen LogP contribution in [0.1, 0.15) is 19.4 Å². The molecule has 0 aromatic heterocycles. The number of amides is 3. The molecule has 2 aromatic carbocycles. The Kier molecular flexibility index (Phi) is 6.80. The Hall–Kier alpha value is -3.26. The number of nitrogens with zero attached hydrogens (tertiary/aromatic N) is 2. The van der Waals surface area contributed by atoms with Crippen molar-refractivity contribution >= 4 is 17.6 Å². The summed E-state index contributed by atoms with van der Waals surface area (Å²) in [6, 6.07) is 14.3. The molecule has 1 fully saturated rings. The molecule has 2 N–H and O–H groups in total. The van der Waals surface area contributed by atoms with Crippen LogP contribution in [0.4, 0.5) is 10.5 Å². The number of ether oxygens (including phenoxy) is 2. The van der Waals surface area contributed by atoms with Crippen molar-refractivity contribution in [2.75, 3.05) is 38.3 Å². The third kappa shape index (κ3) is 5.31. The summed E-state index contributed by atoms with van der Waals surface area (Å²) in [7, 11) is 0. The number of urea groups is 1. The fraction of sp³-hybridized carbons (Fsp3) is 0.417. The Morgan fingerprint density at radius 3 is 2.41 bits per heavy atom. The van der Waals surface area contributed by atoms with E-state index >= 15 is 0 Å². The van der Waals surface area contributed by atoms with Crippen LogP contribution in [0.3, 0.4) is 0 Å². The van der Waals surface area contributed by atoms with Gasteiger partial charge < -0.3 is 25.0 Å². The lowest BCUT2D eigenvalue weighted by atomic mass is 10.0. The van der Waals surface area contributed by atoms with Gasteiger partial charge >= 0.3 is 6.03 Å². The van der Waals surface area contributed by atoms with Gasteiger partial charge in [0, 0.05) is 38.4 Å². The molecule has 8 heteroatoms. The van der Waals surface area contributed by atoms with E-state index < -0.39 is 6.04 Å². The van der Waals surface area contributed by atoms with Crippen LogP contribution >= 0.6 is 0 Å². The van der Waals surface area contributed by atoms with Crippen molar-refractivity contribution in [3.05, 3.63) is 54.1 Å². The minimum Gasteiger partial charge on any atom is -0.454 e. The third-order valence-corrected chi connectivity index (χ3v) is 5.78. The first-order chi connectivity index (χ1) is 15.5. The number of hydrogen-bond donors (Lipinski definition) is 2. The number of hydrogen-bond acceptors (Lipinski definition) is 5. The molecule has 0 radical (unpaired) electrons. The Bertz CT molecular complexity index is 942. The summed E-state index contributed by atoms with van der Waals surface area (Å²) in [5.74, 6) is 1.52. The molecule has 2 heterocycles. The number of carbonyl (C=O) groups excluding carboxylic acids is 2. The summed E-state index contributed by atoms with van der Waals surface area (Å²) in [5.41, 5.74) is 1.85. The average Bonchev–Trinajstić information content (AvgIpc) is 3.26. The maximum absolute atomic E-state index is 13.2. The molecule has 8 nitrogen and oxygen atoms in total. The predicted molar refractivity (Wildman–Crippen MR) is 122 cm³/mol. The van der Waals surface area contributed by atoms with E-state index in [4.69, 9.17) is 9.47 Å². The number of rotatable bonds is 6. The van der Waals surface area contributed by atoms with Gasteiger partial charge in [0.05, 0.1) is 0 Å². The number of nitrogens with one attached hydrogen (secondary N) is 2. The molecule has 170 valence electrons. The van der Waals surface area contributed by atoms with Crippen molar-refractivity contribution in [1.29, 1.82) is 0 Å². The number of fused-ring (bicyclic) bond motifs is 1. The molecule has 0 saturated carbocycles. The van der Waals surface area contributed by atoms with Crippen LogP contribution in [-0.4, -0.2) is 60.8 Å². The first-order valence-electron chi connectivity index (χ1n) is 11.0. The van der Waals surface area contributed by atoms with E-state index in [1.165, 1.54) is 0 Å². The van der Waals surface area contributed by atoms with E-state index in [-0.39, 0.29) is 24.6 Å². The van der Waals surface area contributed by atoms with Gasteiger partial charge in [0.25, 0.3) is 0 Å². The molecule has 2 aliphatic heterocycles. The van der Waals surface area contributed by atoms with Crippen molar-refractivity contribution in [3.8, 4) is 11.5 Å². The number of carbonyl (C=O) groups is 2. The number of anilines is 1. The van der Waals surface area contributed by atoms with Gasteiger partial charge in [-0.2, -0.15) is 0 Å². The Morgan fingerprint density at radius 1 is 0.969 bits per heavy atom. The maximum Gasteiger partial charge on any atom is 0.319 e. The zero-order chi connectivity index (χ0) is 22.5. The van der Waals surface area contributed by atoms with Gasteiger partial charge in [-0.1, -0.05) is 38.1 Å². The van der Waals surface area contributed by atoms with E-state index in [9.17, 15) is 9.59 Å². The number of piperazine rings is 1. The summed E-state index contributed by atoms with van der Waals surface area (Å²) in [6.45, 7) is 7.78. The van der Waals surface area contributed by atoms with E-state index in [0.717, 1.165) is 36.7 Å². The molecule has 1 unspecified atom stereocenters. The second-order valence-electron chi connectivity index (χ2n) is 8.48. The highest BCUT2D eigenvalue weighted by Crippen LogP contribution is 2.32. The van der Waals surface area contributed by atoms with E-state index in [1.807, 2.05) is 61.2 Å².